The zero-order chi connectivity index (χ0) is 23.7. The summed E-state index contributed by atoms with van der Waals surface area (Å²) in [5, 5.41) is 5.22. The smallest absolute Gasteiger partial charge is 0.0568 e. The minimum atomic E-state index is 1.26. The summed E-state index contributed by atoms with van der Waals surface area (Å²) in [4.78, 5) is 0. The number of nitrogens with zero attached hydrogens (tertiary/aromatic N) is 2. The number of hydrogen-bond donors (Lipinski definition) is 0. The maximum atomic E-state index is 2.37. The predicted molar refractivity (Wildman–Crippen MR) is 150 cm³/mol. The zero-order valence-electron chi connectivity index (χ0n) is 20.2. The van der Waals surface area contributed by atoms with E-state index in [4.69, 9.17) is 0 Å². The van der Waals surface area contributed by atoms with Gasteiger partial charge in [0.2, 0.25) is 0 Å². The van der Waals surface area contributed by atoms with E-state index in [-0.39, 0.29) is 0 Å². The summed E-state index contributed by atoms with van der Waals surface area (Å²) in [6, 6.07) is 37.8. The lowest BCUT2D eigenvalue weighted by atomic mass is 9.94. The van der Waals surface area contributed by atoms with Gasteiger partial charge in [-0.2, -0.15) is 0 Å². The quantitative estimate of drug-likeness (QED) is 0.249. The average Bonchev–Trinajstić information content (AvgIpc) is 3.36. The number of rotatable bonds is 2. The number of aromatic nitrogens is 2. The number of para-hydroxylation sites is 4. The van der Waals surface area contributed by atoms with E-state index in [1.807, 2.05) is 0 Å². The highest BCUT2D eigenvalue weighted by Gasteiger charge is 2.16. The predicted octanol–water partition coefficient (Wildman–Crippen LogP) is 8.62. The van der Waals surface area contributed by atoms with Gasteiger partial charge in [-0.25, -0.2) is 0 Å². The van der Waals surface area contributed by atoms with Crippen molar-refractivity contribution >= 4 is 43.6 Å². The lowest BCUT2D eigenvalue weighted by Crippen LogP contribution is -1.93. The summed E-state index contributed by atoms with van der Waals surface area (Å²) in [6.07, 6.45) is 0. The summed E-state index contributed by atoms with van der Waals surface area (Å²) < 4.78 is 4.68. The summed E-state index contributed by atoms with van der Waals surface area (Å²) >= 11 is 0. The third-order valence-electron chi connectivity index (χ3n) is 7.55. The van der Waals surface area contributed by atoms with Gasteiger partial charge in [0.1, 0.15) is 0 Å². The van der Waals surface area contributed by atoms with Crippen LogP contribution in [0.25, 0.3) is 65.9 Å². The Morgan fingerprint density at radius 1 is 0.457 bits per heavy atom. The van der Waals surface area contributed by atoms with Gasteiger partial charge in [0.15, 0.2) is 0 Å². The molecule has 0 unspecified atom stereocenters. The Labute approximate surface area is 204 Å². The molecule has 0 aliphatic rings. The van der Waals surface area contributed by atoms with Crippen LogP contribution in [-0.2, 0) is 14.1 Å². The fraction of sp³-hybridized carbons (Fsp3) is 0.0909. The molecule has 2 aromatic heterocycles. The molecule has 0 saturated carbocycles. The van der Waals surface area contributed by atoms with E-state index in [1.165, 1.54) is 71.4 Å². The molecule has 0 aliphatic carbocycles. The highest BCUT2D eigenvalue weighted by atomic mass is 14.9. The molecule has 168 valence electrons. The maximum Gasteiger partial charge on any atom is 0.0568 e. The molecule has 0 saturated heterocycles. The van der Waals surface area contributed by atoms with Crippen molar-refractivity contribution < 1.29 is 0 Å². The fourth-order valence-electron chi connectivity index (χ4n) is 6.03. The molecule has 2 nitrogen and oxygen atoms in total. The summed E-state index contributed by atoms with van der Waals surface area (Å²) in [5.41, 5.74) is 11.4. The lowest BCUT2D eigenvalue weighted by molar-refractivity contribution is 1.01. The van der Waals surface area contributed by atoms with Crippen LogP contribution in [-0.4, -0.2) is 9.13 Å². The highest BCUT2D eigenvalue weighted by Crippen LogP contribution is 2.39. The molecule has 0 N–H and O–H groups in total. The lowest BCUT2D eigenvalue weighted by Gasteiger charge is -2.13. The van der Waals surface area contributed by atoms with E-state index in [0.29, 0.717) is 0 Å². The molecule has 5 aromatic carbocycles. The first-order valence-electron chi connectivity index (χ1n) is 12.2. The monoisotopic (exact) mass is 450 g/mol. The minimum absolute atomic E-state index is 1.26. The standard InChI is InChI=1S/C33H26N2/c1-21-18-22(24-12-8-14-28-26-10-4-6-16-30(26)34(2)32(24)28)20-23(19-21)25-13-9-15-29-27-11-5-7-17-31(27)35(3)33(25)29/h4-20H,1-3H3. The number of fused-ring (bicyclic) bond motifs is 6. The van der Waals surface area contributed by atoms with Crippen molar-refractivity contribution in [2.45, 2.75) is 6.92 Å². The van der Waals surface area contributed by atoms with Crippen LogP contribution >= 0.6 is 0 Å². The molecule has 2 heterocycles. The first-order valence-corrected chi connectivity index (χ1v) is 12.2. The van der Waals surface area contributed by atoms with Gasteiger partial charge in [0.25, 0.3) is 0 Å². The van der Waals surface area contributed by atoms with Gasteiger partial charge in [-0.3, -0.25) is 0 Å². The first-order chi connectivity index (χ1) is 17.1. The van der Waals surface area contributed by atoms with Crippen LogP contribution in [0, 0.1) is 6.92 Å². The Kier molecular flexibility index (Phi) is 4.22. The second-order valence-corrected chi connectivity index (χ2v) is 9.64. The average molecular weight is 451 g/mol. The summed E-state index contributed by atoms with van der Waals surface area (Å²) in [7, 11) is 4.36. The van der Waals surface area contributed by atoms with Gasteiger partial charge in [-0.1, -0.05) is 84.9 Å². The molecule has 0 fully saturated rings. The third-order valence-corrected chi connectivity index (χ3v) is 7.55. The van der Waals surface area contributed by atoms with E-state index in [9.17, 15) is 0 Å². The van der Waals surface area contributed by atoms with Crippen molar-refractivity contribution in [3.8, 4) is 22.3 Å². The van der Waals surface area contributed by atoms with Gasteiger partial charge in [0, 0.05) is 57.8 Å². The van der Waals surface area contributed by atoms with E-state index < -0.39 is 0 Å². The number of benzene rings is 5. The molecule has 0 atom stereocenters. The molecule has 0 bridgehead atoms. The van der Waals surface area contributed by atoms with E-state index in [0.717, 1.165) is 0 Å². The Balaban J connectivity index is 1.52. The molecule has 0 amide bonds. The highest BCUT2D eigenvalue weighted by molar-refractivity contribution is 6.14. The van der Waals surface area contributed by atoms with Crippen molar-refractivity contribution in [2.24, 2.45) is 14.1 Å². The fourth-order valence-corrected chi connectivity index (χ4v) is 6.03. The van der Waals surface area contributed by atoms with Crippen LogP contribution in [0.15, 0.2) is 103 Å². The maximum absolute atomic E-state index is 2.37. The molecular weight excluding hydrogens is 424 g/mol. The van der Waals surface area contributed by atoms with Crippen molar-refractivity contribution in [3.05, 3.63) is 109 Å². The molecule has 35 heavy (non-hydrogen) atoms. The topological polar surface area (TPSA) is 9.86 Å². The Bertz CT molecular complexity index is 1790. The van der Waals surface area contributed by atoms with E-state index in [1.54, 1.807) is 0 Å². The second-order valence-electron chi connectivity index (χ2n) is 9.64. The largest absolute Gasteiger partial charge is 0.343 e. The second kappa shape index (κ2) is 7.35. The molecule has 2 heteroatoms. The molecule has 0 radical (unpaired) electrons. The van der Waals surface area contributed by atoms with Crippen molar-refractivity contribution in [1.29, 1.82) is 0 Å². The van der Waals surface area contributed by atoms with Gasteiger partial charge < -0.3 is 9.13 Å². The van der Waals surface area contributed by atoms with Gasteiger partial charge in [-0.15, -0.1) is 0 Å². The molecular formula is C33H26N2. The number of hydrogen-bond acceptors (Lipinski definition) is 0. The molecule has 7 rings (SSSR count). The summed E-state index contributed by atoms with van der Waals surface area (Å²) in [6.45, 7) is 2.20. The molecule has 0 aliphatic heterocycles. The minimum Gasteiger partial charge on any atom is -0.343 e. The molecule has 7 aromatic rings. The van der Waals surface area contributed by atoms with Crippen LogP contribution in [0.2, 0.25) is 0 Å². The van der Waals surface area contributed by atoms with E-state index in [2.05, 4.69) is 133 Å². The van der Waals surface area contributed by atoms with Crippen molar-refractivity contribution in [3.63, 3.8) is 0 Å². The Morgan fingerprint density at radius 2 is 0.886 bits per heavy atom. The first kappa shape index (κ1) is 20.1. The van der Waals surface area contributed by atoms with Crippen LogP contribution in [0.4, 0.5) is 0 Å². The zero-order valence-corrected chi connectivity index (χ0v) is 20.2. The van der Waals surface area contributed by atoms with Crippen LogP contribution in [0.5, 0.6) is 0 Å². The van der Waals surface area contributed by atoms with Crippen molar-refractivity contribution in [2.75, 3.05) is 0 Å². The van der Waals surface area contributed by atoms with Gasteiger partial charge in [0.05, 0.1) is 11.0 Å². The van der Waals surface area contributed by atoms with Crippen LogP contribution in [0.1, 0.15) is 5.56 Å². The normalized spacial score (nSPS) is 11.9. The number of aryl methyl sites for hydroxylation is 3. The molecule has 0 spiro atoms. The van der Waals surface area contributed by atoms with Gasteiger partial charge in [-0.05, 0) is 41.8 Å². The SMILES string of the molecule is Cc1cc(-c2cccc3c4ccccc4n(C)c23)cc(-c2cccc3c4ccccc4n(C)c23)c1. The third kappa shape index (κ3) is 2.83. The Morgan fingerprint density at radius 3 is 1.37 bits per heavy atom. The summed E-state index contributed by atoms with van der Waals surface area (Å²) in [5.74, 6) is 0. The van der Waals surface area contributed by atoms with Crippen LogP contribution in [0.3, 0.4) is 0 Å². The van der Waals surface area contributed by atoms with Crippen molar-refractivity contribution in [1.82, 2.24) is 9.13 Å². The van der Waals surface area contributed by atoms with Gasteiger partial charge >= 0.3 is 0 Å². The Hall–Kier alpha value is -4.30. The van der Waals surface area contributed by atoms with E-state index >= 15 is 0 Å². The van der Waals surface area contributed by atoms with Crippen LogP contribution < -0.4 is 0 Å².